The predicted molar refractivity (Wildman–Crippen MR) is 79.0 cm³/mol. The van der Waals surface area contributed by atoms with Crippen LogP contribution in [0.2, 0.25) is 0 Å². The van der Waals surface area contributed by atoms with Crippen molar-refractivity contribution < 1.29 is 18.3 Å². The summed E-state index contributed by atoms with van der Waals surface area (Å²) in [6.07, 6.45) is 0.679. The number of anilines is 1. The van der Waals surface area contributed by atoms with E-state index in [-0.39, 0.29) is 18.1 Å². The number of rotatable bonds is 3. The van der Waals surface area contributed by atoms with Crippen LogP contribution in [0.5, 0.6) is 5.75 Å². The van der Waals surface area contributed by atoms with Gasteiger partial charge in [0.1, 0.15) is 24.0 Å². The van der Waals surface area contributed by atoms with Gasteiger partial charge < -0.3 is 9.64 Å². The Kier molecular flexibility index (Phi) is 4.04. The van der Waals surface area contributed by atoms with Gasteiger partial charge in [-0.25, -0.2) is 8.78 Å². The van der Waals surface area contributed by atoms with Gasteiger partial charge in [0.2, 0.25) is 5.91 Å². The molecule has 22 heavy (non-hydrogen) atoms. The minimum atomic E-state index is -0.410. The van der Waals surface area contributed by atoms with Crippen molar-refractivity contribution >= 4 is 11.6 Å². The zero-order chi connectivity index (χ0) is 15.5. The zero-order valence-corrected chi connectivity index (χ0v) is 11.9. The molecule has 0 aromatic heterocycles. The van der Waals surface area contributed by atoms with Crippen molar-refractivity contribution in [3.05, 3.63) is 59.7 Å². The van der Waals surface area contributed by atoms with Gasteiger partial charge in [0.15, 0.2) is 0 Å². The normalized spacial score (nSPS) is 13.5. The molecule has 0 radical (unpaired) electrons. The molecule has 1 aliphatic heterocycles. The van der Waals surface area contributed by atoms with Gasteiger partial charge in [-0.3, -0.25) is 4.79 Å². The van der Waals surface area contributed by atoms with Gasteiger partial charge in [-0.1, -0.05) is 12.1 Å². The van der Waals surface area contributed by atoms with E-state index in [0.29, 0.717) is 31.0 Å². The fraction of sp³-hybridized carbons (Fsp3) is 0.235. The number of carbonyl (C=O) groups is 1. The first-order chi connectivity index (χ1) is 10.6. The number of hydrogen-bond acceptors (Lipinski definition) is 2. The van der Waals surface area contributed by atoms with Crippen LogP contribution in [0, 0.1) is 11.6 Å². The van der Waals surface area contributed by atoms with Gasteiger partial charge in [-0.05, 0) is 36.2 Å². The maximum Gasteiger partial charge on any atom is 0.227 e. The van der Waals surface area contributed by atoms with Crippen molar-refractivity contribution in [2.75, 3.05) is 18.1 Å². The van der Waals surface area contributed by atoms with E-state index in [0.717, 1.165) is 5.56 Å². The van der Waals surface area contributed by atoms with Crippen LogP contribution in [0.3, 0.4) is 0 Å². The minimum absolute atomic E-state index is 0.126. The molecule has 3 rings (SSSR count). The first kappa shape index (κ1) is 14.5. The Morgan fingerprint density at radius 2 is 1.95 bits per heavy atom. The lowest BCUT2D eigenvalue weighted by Gasteiger charge is -2.29. The van der Waals surface area contributed by atoms with Gasteiger partial charge >= 0.3 is 0 Å². The third-order valence-electron chi connectivity index (χ3n) is 3.60. The van der Waals surface area contributed by atoms with E-state index >= 15 is 0 Å². The Morgan fingerprint density at radius 1 is 1.14 bits per heavy atom. The lowest BCUT2D eigenvalue weighted by molar-refractivity contribution is -0.118. The van der Waals surface area contributed by atoms with Crippen LogP contribution < -0.4 is 9.64 Å². The lowest BCUT2D eigenvalue weighted by atomic mass is 10.1. The van der Waals surface area contributed by atoms with Crippen LogP contribution >= 0.6 is 0 Å². The zero-order valence-electron chi connectivity index (χ0n) is 11.9. The second kappa shape index (κ2) is 6.13. The number of hydrogen-bond donors (Lipinski definition) is 0. The fourth-order valence-corrected chi connectivity index (χ4v) is 2.53. The Bertz CT molecular complexity index is 703. The standard InChI is InChI=1S/C17H15F2NO2/c18-13-3-1-2-12(10-13)4-7-17(21)20-8-9-22-16-6-5-14(19)11-15(16)20/h1-3,5-6,10-11H,4,7-9H2. The van der Waals surface area contributed by atoms with Crippen LogP contribution in [0.4, 0.5) is 14.5 Å². The molecular weight excluding hydrogens is 288 g/mol. The van der Waals surface area contributed by atoms with E-state index in [2.05, 4.69) is 0 Å². The van der Waals surface area contributed by atoms with E-state index in [9.17, 15) is 13.6 Å². The molecule has 2 aromatic rings. The average Bonchev–Trinajstić information content (AvgIpc) is 2.52. The number of fused-ring (bicyclic) bond motifs is 1. The summed E-state index contributed by atoms with van der Waals surface area (Å²) >= 11 is 0. The summed E-state index contributed by atoms with van der Waals surface area (Å²) in [6, 6.07) is 10.3. The quantitative estimate of drug-likeness (QED) is 0.870. The Morgan fingerprint density at radius 3 is 2.77 bits per heavy atom. The first-order valence-electron chi connectivity index (χ1n) is 7.10. The molecule has 0 aliphatic carbocycles. The molecule has 0 N–H and O–H groups in total. The van der Waals surface area contributed by atoms with E-state index in [1.807, 2.05) is 0 Å². The number of aryl methyl sites for hydroxylation is 1. The smallest absolute Gasteiger partial charge is 0.227 e. The Hall–Kier alpha value is -2.43. The molecule has 114 valence electrons. The summed E-state index contributed by atoms with van der Waals surface area (Å²) in [5.41, 5.74) is 1.22. The van der Waals surface area contributed by atoms with Crippen molar-refractivity contribution in [1.29, 1.82) is 0 Å². The van der Waals surface area contributed by atoms with Gasteiger partial charge in [0, 0.05) is 12.5 Å². The molecule has 0 unspecified atom stereocenters. The highest BCUT2D eigenvalue weighted by Crippen LogP contribution is 2.32. The molecule has 0 saturated carbocycles. The summed E-state index contributed by atoms with van der Waals surface area (Å²) in [6.45, 7) is 0.767. The summed E-state index contributed by atoms with van der Waals surface area (Å²) in [4.78, 5) is 13.9. The SMILES string of the molecule is O=C(CCc1cccc(F)c1)N1CCOc2ccc(F)cc21. The molecule has 1 amide bonds. The number of carbonyl (C=O) groups excluding carboxylic acids is 1. The molecule has 1 aliphatic rings. The first-order valence-corrected chi connectivity index (χ1v) is 7.10. The second-order valence-electron chi connectivity index (χ2n) is 5.14. The molecule has 5 heteroatoms. The van der Waals surface area contributed by atoms with Crippen LogP contribution in [0.25, 0.3) is 0 Å². The highest BCUT2D eigenvalue weighted by atomic mass is 19.1. The Balaban J connectivity index is 1.72. The monoisotopic (exact) mass is 303 g/mol. The molecular formula is C17H15F2NO2. The number of benzene rings is 2. The highest BCUT2D eigenvalue weighted by Gasteiger charge is 2.23. The second-order valence-corrected chi connectivity index (χ2v) is 5.14. The maximum atomic E-state index is 13.4. The number of nitrogens with zero attached hydrogens (tertiary/aromatic N) is 1. The van der Waals surface area contributed by atoms with Gasteiger partial charge in [-0.15, -0.1) is 0 Å². The van der Waals surface area contributed by atoms with Gasteiger partial charge in [0.25, 0.3) is 0 Å². The molecule has 0 atom stereocenters. The Labute approximate surface area is 127 Å². The van der Waals surface area contributed by atoms with Crippen LogP contribution in [0.15, 0.2) is 42.5 Å². The van der Waals surface area contributed by atoms with E-state index < -0.39 is 5.82 Å². The van der Waals surface area contributed by atoms with Crippen LogP contribution in [-0.2, 0) is 11.2 Å². The number of halogens is 2. The third kappa shape index (κ3) is 3.08. The molecule has 0 spiro atoms. The highest BCUT2D eigenvalue weighted by molar-refractivity contribution is 5.95. The van der Waals surface area contributed by atoms with Crippen molar-refractivity contribution in [2.24, 2.45) is 0 Å². The third-order valence-corrected chi connectivity index (χ3v) is 3.60. The molecule has 2 aromatic carbocycles. The molecule has 1 heterocycles. The fourth-order valence-electron chi connectivity index (χ4n) is 2.53. The van der Waals surface area contributed by atoms with E-state index in [4.69, 9.17) is 4.74 Å². The average molecular weight is 303 g/mol. The summed E-state index contributed by atoms with van der Waals surface area (Å²) in [5, 5.41) is 0. The predicted octanol–water partition coefficient (Wildman–Crippen LogP) is 3.32. The largest absolute Gasteiger partial charge is 0.490 e. The number of ether oxygens (including phenoxy) is 1. The summed E-state index contributed by atoms with van der Waals surface area (Å²) in [7, 11) is 0. The topological polar surface area (TPSA) is 29.5 Å². The summed E-state index contributed by atoms with van der Waals surface area (Å²) in [5.74, 6) is -0.345. The van der Waals surface area contributed by atoms with E-state index in [1.165, 1.54) is 35.2 Å². The molecule has 0 bridgehead atoms. The van der Waals surface area contributed by atoms with Crippen LogP contribution in [0.1, 0.15) is 12.0 Å². The molecule has 0 fully saturated rings. The van der Waals surface area contributed by atoms with Gasteiger partial charge in [0.05, 0.1) is 12.2 Å². The van der Waals surface area contributed by atoms with Crippen molar-refractivity contribution in [2.45, 2.75) is 12.8 Å². The molecule has 0 saturated heterocycles. The molecule has 3 nitrogen and oxygen atoms in total. The number of amides is 1. The maximum absolute atomic E-state index is 13.4. The van der Waals surface area contributed by atoms with Crippen molar-refractivity contribution in [1.82, 2.24) is 0 Å². The van der Waals surface area contributed by atoms with Crippen LogP contribution in [-0.4, -0.2) is 19.1 Å². The van der Waals surface area contributed by atoms with Gasteiger partial charge in [-0.2, -0.15) is 0 Å². The summed E-state index contributed by atoms with van der Waals surface area (Å²) < 4.78 is 32.0. The minimum Gasteiger partial charge on any atom is -0.490 e. The van der Waals surface area contributed by atoms with Crippen molar-refractivity contribution in [3.8, 4) is 5.75 Å². The van der Waals surface area contributed by atoms with Crippen molar-refractivity contribution in [3.63, 3.8) is 0 Å². The van der Waals surface area contributed by atoms with E-state index in [1.54, 1.807) is 12.1 Å². The lowest BCUT2D eigenvalue weighted by Crippen LogP contribution is -2.38.